The summed E-state index contributed by atoms with van der Waals surface area (Å²) in [5.74, 6) is 1.41. The van der Waals surface area contributed by atoms with E-state index in [-0.39, 0.29) is 18.5 Å². The summed E-state index contributed by atoms with van der Waals surface area (Å²) in [5, 5.41) is 6.53. The van der Waals surface area contributed by atoms with Crippen LogP contribution in [-0.2, 0) is 4.74 Å². The summed E-state index contributed by atoms with van der Waals surface area (Å²) in [6, 6.07) is 3.65. The number of carbonyl (C=O) groups is 1. The lowest BCUT2D eigenvalue weighted by atomic mass is 10.1. The van der Waals surface area contributed by atoms with Crippen LogP contribution >= 0.6 is 0 Å². The largest absolute Gasteiger partial charge is 0.382 e. The highest BCUT2D eigenvalue weighted by Crippen LogP contribution is 2.25. The molecule has 11 heteroatoms. The SMILES string of the molecule is CO[C@H]1CCN(c2nccc(Nc3cc(NC(C)C)c(C(=O)N(C)CCN(C)C)cn3)n2)C[C@H]1F. The van der Waals surface area contributed by atoms with Gasteiger partial charge in [-0.15, -0.1) is 0 Å². The van der Waals surface area contributed by atoms with Crippen molar-refractivity contribution in [3.8, 4) is 0 Å². The molecule has 10 nitrogen and oxygen atoms in total. The van der Waals surface area contributed by atoms with Gasteiger partial charge in [-0.1, -0.05) is 0 Å². The number of nitrogens with one attached hydrogen (secondary N) is 2. The normalized spacial score (nSPS) is 18.1. The number of rotatable bonds is 10. The van der Waals surface area contributed by atoms with E-state index in [0.29, 0.717) is 48.3 Å². The molecular weight excluding hydrogens is 451 g/mol. The number of pyridine rings is 1. The lowest BCUT2D eigenvalue weighted by molar-refractivity contribution is 0.0194. The lowest BCUT2D eigenvalue weighted by Crippen LogP contribution is -2.46. The second-order valence-electron chi connectivity index (χ2n) is 9.34. The molecule has 1 saturated heterocycles. The number of amides is 1. The van der Waals surface area contributed by atoms with Crippen molar-refractivity contribution in [2.24, 2.45) is 0 Å². The highest BCUT2D eigenvalue weighted by molar-refractivity contribution is 5.99. The molecule has 1 amide bonds. The average molecular weight is 489 g/mol. The number of likely N-dealkylation sites (N-methyl/N-ethyl adjacent to an activating group) is 2. The molecule has 1 fully saturated rings. The van der Waals surface area contributed by atoms with Crippen LogP contribution in [0.1, 0.15) is 30.6 Å². The molecule has 0 bridgehead atoms. The van der Waals surface area contributed by atoms with Crippen molar-refractivity contribution >= 4 is 29.2 Å². The summed E-state index contributed by atoms with van der Waals surface area (Å²) in [6.07, 6.45) is 2.29. The second-order valence-corrected chi connectivity index (χ2v) is 9.34. The number of anilines is 4. The van der Waals surface area contributed by atoms with Gasteiger partial charge in [-0.25, -0.2) is 14.4 Å². The molecule has 35 heavy (non-hydrogen) atoms. The molecule has 0 radical (unpaired) electrons. The molecule has 1 aliphatic rings. The number of alkyl halides is 1. The number of hydrogen-bond acceptors (Lipinski definition) is 9. The standard InChI is InChI=1S/C24H37FN8O2/c1-16(2)28-19-13-22(27-14-17(19)23(34)32(5)12-11-31(3)4)29-21-7-9-26-24(30-21)33-10-8-20(35-6)18(25)15-33/h7,9,13-14,16,18,20H,8,10-12,15H2,1-6H3,(H2,26,27,28,29,30)/t18-,20+/m1/s1. The van der Waals surface area contributed by atoms with Crippen LogP contribution in [0.4, 0.5) is 27.7 Å². The highest BCUT2D eigenvalue weighted by atomic mass is 19.1. The Morgan fingerprint density at radius 3 is 2.69 bits per heavy atom. The predicted molar refractivity (Wildman–Crippen MR) is 136 cm³/mol. The van der Waals surface area contributed by atoms with E-state index in [0.717, 1.165) is 6.54 Å². The fourth-order valence-electron chi connectivity index (χ4n) is 3.81. The van der Waals surface area contributed by atoms with Crippen LogP contribution in [0.15, 0.2) is 24.5 Å². The molecule has 3 rings (SSSR count). The Bertz CT molecular complexity index is 990. The van der Waals surface area contributed by atoms with E-state index in [9.17, 15) is 9.18 Å². The Morgan fingerprint density at radius 1 is 1.26 bits per heavy atom. The predicted octanol–water partition coefficient (Wildman–Crippen LogP) is 2.63. The average Bonchev–Trinajstić information content (AvgIpc) is 2.82. The summed E-state index contributed by atoms with van der Waals surface area (Å²) in [6.45, 7) is 6.20. The van der Waals surface area contributed by atoms with Crippen molar-refractivity contribution in [3.63, 3.8) is 0 Å². The van der Waals surface area contributed by atoms with E-state index in [1.807, 2.05) is 37.7 Å². The van der Waals surface area contributed by atoms with Gasteiger partial charge in [0.2, 0.25) is 5.95 Å². The minimum atomic E-state index is -1.10. The van der Waals surface area contributed by atoms with Gasteiger partial charge in [0.1, 0.15) is 17.8 Å². The Balaban J connectivity index is 1.77. The van der Waals surface area contributed by atoms with E-state index in [2.05, 4.69) is 25.6 Å². The lowest BCUT2D eigenvalue weighted by Gasteiger charge is -2.33. The summed E-state index contributed by atoms with van der Waals surface area (Å²) < 4.78 is 19.5. The molecule has 2 aromatic heterocycles. The molecule has 0 spiro atoms. The first-order chi connectivity index (χ1) is 16.7. The molecule has 2 N–H and O–H groups in total. The zero-order valence-corrected chi connectivity index (χ0v) is 21.5. The van der Waals surface area contributed by atoms with Crippen LogP contribution in [0.25, 0.3) is 0 Å². The zero-order valence-electron chi connectivity index (χ0n) is 21.5. The van der Waals surface area contributed by atoms with Gasteiger partial charge in [-0.05, 0) is 40.4 Å². The number of aromatic nitrogens is 3. The first kappa shape index (κ1) is 26.6. The van der Waals surface area contributed by atoms with Gasteiger partial charge in [0.05, 0.1) is 23.9 Å². The Kier molecular flexibility index (Phi) is 9.16. The van der Waals surface area contributed by atoms with Crippen molar-refractivity contribution in [1.29, 1.82) is 0 Å². The number of carbonyl (C=O) groups excluding carboxylic acids is 1. The monoisotopic (exact) mass is 488 g/mol. The van der Waals surface area contributed by atoms with Crippen molar-refractivity contribution in [3.05, 3.63) is 30.1 Å². The van der Waals surface area contributed by atoms with Gasteiger partial charge in [0.25, 0.3) is 5.91 Å². The molecule has 2 aromatic rings. The molecule has 0 saturated carbocycles. The molecule has 0 unspecified atom stereocenters. The number of piperidine rings is 1. The van der Waals surface area contributed by atoms with Crippen molar-refractivity contribution in [2.45, 2.75) is 38.6 Å². The van der Waals surface area contributed by atoms with Gasteiger partial charge in [-0.2, -0.15) is 4.98 Å². The molecule has 1 aliphatic heterocycles. The molecule has 192 valence electrons. The molecule has 0 aliphatic carbocycles. The van der Waals surface area contributed by atoms with Gasteiger partial charge in [-0.3, -0.25) is 4.79 Å². The highest BCUT2D eigenvalue weighted by Gasteiger charge is 2.30. The second kappa shape index (κ2) is 12.1. The van der Waals surface area contributed by atoms with E-state index < -0.39 is 12.3 Å². The van der Waals surface area contributed by atoms with Crippen LogP contribution < -0.4 is 15.5 Å². The summed E-state index contributed by atoms with van der Waals surface area (Å²) in [7, 11) is 7.27. The number of methoxy groups -OCH3 is 1. The third-order valence-electron chi connectivity index (χ3n) is 5.77. The van der Waals surface area contributed by atoms with Gasteiger partial charge < -0.3 is 30.1 Å². The zero-order chi connectivity index (χ0) is 25.5. The van der Waals surface area contributed by atoms with E-state index in [1.54, 1.807) is 36.5 Å². The minimum Gasteiger partial charge on any atom is -0.382 e. The van der Waals surface area contributed by atoms with Crippen LogP contribution in [0.2, 0.25) is 0 Å². The van der Waals surface area contributed by atoms with Crippen LogP contribution in [0, 0.1) is 0 Å². The van der Waals surface area contributed by atoms with Crippen LogP contribution in [0.5, 0.6) is 0 Å². The molecule has 2 atom stereocenters. The van der Waals surface area contributed by atoms with Crippen molar-refractivity contribution in [2.75, 3.05) is 70.0 Å². The van der Waals surface area contributed by atoms with Gasteiger partial charge >= 0.3 is 0 Å². The number of hydrogen-bond donors (Lipinski definition) is 2. The topological polar surface area (TPSA) is 98.8 Å². The Morgan fingerprint density at radius 2 is 2.03 bits per heavy atom. The molecule has 0 aromatic carbocycles. The fourth-order valence-corrected chi connectivity index (χ4v) is 3.81. The number of halogens is 1. The van der Waals surface area contributed by atoms with E-state index in [4.69, 9.17) is 4.74 Å². The summed E-state index contributed by atoms with van der Waals surface area (Å²) in [5.41, 5.74) is 1.19. The van der Waals surface area contributed by atoms with Crippen LogP contribution in [0.3, 0.4) is 0 Å². The summed E-state index contributed by atoms with van der Waals surface area (Å²) >= 11 is 0. The first-order valence-corrected chi connectivity index (χ1v) is 11.9. The Labute approximate surface area is 206 Å². The smallest absolute Gasteiger partial charge is 0.257 e. The fraction of sp³-hybridized carbons (Fsp3) is 0.583. The maximum absolute atomic E-state index is 14.3. The Hall–Kier alpha value is -3.05. The van der Waals surface area contributed by atoms with Crippen molar-refractivity contribution in [1.82, 2.24) is 24.8 Å². The van der Waals surface area contributed by atoms with Crippen LogP contribution in [-0.4, -0.2) is 103 Å². The number of ether oxygens (including phenoxy) is 1. The third-order valence-corrected chi connectivity index (χ3v) is 5.77. The third kappa shape index (κ3) is 7.22. The van der Waals surface area contributed by atoms with E-state index >= 15 is 0 Å². The first-order valence-electron chi connectivity index (χ1n) is 11.9. The van der Waals surface area contributed by atoms with Gasteiger partial charge in [0, 0.05) is 58.3 Å². The minimum absolute atomic E-state index is 0.0985. The molecule has 3 heterocycles. The number of nitrogens with zero attached hydrogens (tertiary/aromatic N) is 6. The summed E-state index contributed by atoms with van der Waals surface area (Å²) in [4.78, 5) is 31.9. The van der Waals surface area contributed by atoms with E-state index in [1.165, 1.54) is 7.11 Å². The maximum Gasteiger partial charge on any atom is 0.257 e. The quantitative estimate of drug-likeness (QED) is 0.523. The van der Waals surface area contributed by atoms with Gasteiger partial charge in [0.15, 0.2) is 0 Å². The van der Waals surface area contributed by atoms with Crippen molar-refractivity contribution < 1.29 is 13.9 Å². The molecular formula is C24H37FN8O2. The maximum atomic E-state index is 14.3.